The lowest BCUT2D eigenvalue weighted by molar-refractivity contribution is -0.135. The van der Waals surface area contributed by atoms with Crippen LogP contribution in [-0.2, 0) is 9.53 Å². The largest absolute Gasteiger partial charge is 0.481 e. The van der Waals surface area contributed by atoms with Crippen LogP contribution in [0.2, 0.25) is 0 Å². The van der Waals surface area contributed by atoms with Crippen molar-refractivity contribution in [3.8, 4) is 0 Å². The summed E-state index contributed by atoms with van der Waals surface area (Å²) in [4.78, 5) is 9.53. The summed E-state index contributed by atoms with van der Waals surface area (Å²) in [5, 5.41) is 7.84. The summed E-state index contributed by atoms with van der Waals surface area (Å²) in [5.74, 6) is -0.829. The summed E-state index contributed by atoms with van der Waals surface area (Å²) in [5.41, 5.74) is 0. The van der Waals surface area contributed by atoms with Gasteiger partial charge in [0.2, 0.25) is 0 Å². The van der Waals surface area contributed by atoms with Gasteiger partial charge in [0.25, 0.3) is 0 Å². The van der Waals surface area contributed by atoms with Crippen LogP contribution >= 0.6 is 0 Å². The molecular weight excluding hydrogens is 168 g/mol. The van der Waals surface area contributed by atoms with Crippen LogP contribution in [0.3, 0.4) is 0 Å². The molecule has 3 heteroatoms. The van der Waals surface area contributed by atoms with Crippen molar-refractivity contribution >= 4 is 5.97 Å². The number of hydrogen-bond acceptors (Lipinski definition) is 2. The van der Waals surface area contributed by atoms with E-state index in [4.69, 9.17) is 9.84 Å². The third kappa shape index (κ3) is 4.08. The Labute approximate surface area is 78.4 Å². The van der Waals surface area contributed by atoms with Crippen LogP contribution in [0.1, 0.15) is 32.1 Å². The lowest BCUT2D eigenvalue weighted by Gasteiger charge is -2.00. The van der Waals surface area contributed by atoms with Crippen LogP contribution in [-0.4, -0.2) is 23.3 Å². The second kappa shape index (κ2) is 5.02. The molecule has 1 aliphatic carbocycles. The molecule has 0 spiro atoms. The maximum atomic E-state index is 9.53. The smallest absolute Gasteiger partial charge is 0.307 e. The molecule has 0 radical (unpaired) electrons. The molecule has 1 saturated carbocycles. The predicted molar refractivity (Wildman–Crippen MR) is 49.6 cm³/mol. The Morgan fingerprint density at radius 2 is 2.00 bits per heavy atom. The van der Waals surface area contributed by atoms with Gasteiger partial charge in [0.1, 0.15) is 0 Å². The maximum absolute atomic E-state index is 9.53. The zero-order valence-electron chi connectivity index (χ0n) is 7.74. The number of aliphatic carboxylic acids is 1. The van der Waals surface area contributed by atoms with Gasteiger partial charge in [-0.2, -0.15) is 0 Å². The molecule has 0 aromatic carbocycles. The highest BCUT2D eigenvalue weighted by Gasteiger charge is 2.39. The van der Waals surface area contributed by atoms with Gasteiger partial charge < -0.3 is 9.84 Å². The Hall–Kier alpha value is -0.830. The van der Waals surface area contributed by atoms with Crippen molar-refractivity contribution in [2.75, 3.05) is 0 Å². The molecule has 3 nitrogen and oxygen atoms in total. The SMILES string of the molecule is C1CCC2OC2C1.C=CCC(=O)O. The highest BCUT2D eigenvalue weighted by atomic mass is 16.6. The third-order valence-corrected chi connectivity index (χ3v) is 2.23. The van der Waals surface area contributed by atoms with E-state index >= 15 is 0 Å². The number of epoxide rings is 1. The zero-order valence-corrected chi connectivity index (χ0v) is 7.74. The summed E-state index contributed by atoms with van der Waals surface area (Å²) in [7, 11) is 0. The van der Waals surface area contributed by atoms with Gasteiger partial charge in [-0.15, -0.1) is 6.58 Å². The summed E-state index contributed by atoms with van der Waals surface area (Å²) >= 11 is 0. The average molecular weight is 184 g/mol. The summed E-state index contributed by atoms with van der Waals surface area (Å²) in [6.45, 7) is 3.22. The number of carboxylic acids is 1. The van der Waals surface area contributed by atoms with E-state index in [0.717, 1.165) is 0 Å². The van der Waals surface area contributed by atoms with Gasteiger partial charge in [-0.1, -0.05) is 18.9 Å². The number of fused-ring (bicyclic) bond motifs is 1. The first-order valence-corrected chi connectivity index (χ1v) is 4.72. The predicted octanol–water partition coefficient (Wildman–Crippen LogP) is 1.97. The minimum absolute atomic E-state index is 0.0556. The van der Waals surface area contributed by atoms with Gasteiger partial charge in [0, 0.05) is 0 Å². The average Bonchev–Trinajstić information content (AvgIpc) is 2.82. The molecular formula is C10H16O3. The molecule has 0 aromatic heterocycles. The monoisotopic (exact) mass is 184 g/mol. The number of ether oxygens (including phenoxy) is 1. The Balaban J connectivity index is 0.000000133. The Morgan fingerprint density at radius 3 is 2.23 bits per heavy atom. The second-order valence-electron chi connectivity index (χ2n) is 3.38. The van der Waals surface area contributed by atoms with Crippen molar-refractivity contribution in [2.24, 2.45) is 0 Å². The van der Waals surface area contributed by atoms with Crippen LogP contribution in [0, 0.1) is 0 Å². The Bertz CT molecular complexity index is 179. The Kier molecular flexibility index (Phi) is 3.96. The zero-order chi connectivity index (χ0) is 9.68. The fourth-order valence-corrected chi connectivity index (χ4v) is 1.50. The van der Waals surface area contributed by atoms with Crippen LogP contribution in [0.25, 0.3) is 0 Å². The lowest BCUT2D eigenvalue weighted by Crippen LogP contribution is -2.00. The quantitative estimate of drug-likeness (QED) is 0.527. The molecule has 1 N–H and O–H groups in total. The van der Waals surface area contributed by atoms with Crippen LogP contribution < -0.4 is 0 Å². The highest BCUT2D eigenvalue weighted by molar-refractivity contribution is 5.68. The first-order chi connectivity index (χ1) is 6.24. The van der Waals surface area contributed by atoms with Gasteiger partial charge in [-0.3, -0.25) is 4.79 Å². The van der Waals surface area contributed by atoms with E-state index < -0.39 is 5.97 Å². The first-order valence-electron chi connectivity index (χ1n) is 4.72. The molecule has 1 heterocycles. The summed E-state index contributed by atoms with van der Waals surface area (Å²) < 4.78 is 5.28. The van der Waals surface area contributed by atoms with Gasteiger partial charge in [0.05, 0.1) is 18.6 Å². The summed E-state index contributed by atoms with van der Waals surface area (Å²) in [6, 6.07) is 0. The molecule has 0 amide bonds. The Morgan fingerprint density at radius 1 is 1.46 bits per heavy atom. The highest BCUT2D eigenvalue weighted by Crippen LogP contribution is 2.35. The van der Waals surface area contributed by atoms with Gasteiger partial charge in [-0.25, -0.2) is 0 Å². The first kappa shape index (κ1) is 10.3. The molecule has 2 atom stereocenters. The van der Waals surface area contributed by atoms with E-state index in [2.05, 4.69) is 6.58 Å². The van der Waals surface area contributed by atoms with E-state index in [9.17, 15) is 4.79 Å². The van der Waals surface area contributed by atoms with Gasteiger partial charge >= 0.3 is 5.97 Å². The van der Waals surface area contributed by atoms with Gasteiger partial charge in [-0.05, 0) is 12.8 Å². The normalized spacial score (nSPS) is 29.2. The molecule has 2 fully saturated rings. The van der Waals surface area contributed by atoms with Crippen LogP contribution in [0.4, 0.5) is 0 Å². The molecule has 2 unspecified atom stereocenters. The fourth-order valence-electron chi connectivity index (χ4n) is 1.50. The van der Waals surface area contributed by atoms with E-state index in [-0.39, 0.29) is 6.42 Å². The number of hydrogen-bond donors (Lipinski definition) is 1. The van der Waals surface area contributed by atoms with Crippen molar-refractivity contribution in [1.29, 1.82) is 0 Å². The van der Waals surface area contributed by atoms with Crippen molar-refractivity contribution in [1.82, 2.24) is 0 Å². The van der Waals surface area contributed by atoms with Crippen molar-refractivity contribution < 1.29 is 14.6 Å². The van der Waals surface area contributed by atoms with E-state index in [1.807, 2.05) is 0 Å². The number of carboxylic acid groups (broad SMARTS) is 1. The third-order valence-electron chi connectivity index (χ3n) is 2.23. The minimum atomic E-state index is -0.829. The molecule has 0 bridgehead atoms. The number of carbonyl (C=O) groups is 1. The van der Waals surface area contributed by atoms with E-state index in [1.165, 1.54) is 31.8 Å². The molecule has 1 aliphatic heterocycles. The fraction of sp³-hybridized carbons (Fsp3) is 0.700. The topological polar surface area (TPSA) is 49.8 Å². The molecule has 74 valence electrons. The van der Waals surface area contributed by atoms with E-state index in [1.54, 1.807) is 0 Å². The molecule has 2 rings (SSSR count). The van der Waals surface area contributed by atoms with Crippen molar-refractivity contribution in [3.05, 3.63) is 12.7 Å². The minimum Gasteiger partial charge on any atom is -0.481 e. The summed E-state index contributed by atoms with van der Waals surface area (Å²) in [6.07, 6.45) is 8.29. The molecule has 0 aromatic rings. The van der Waals surface area contributed by atoms with Gasteiger partial charge in [0.15, 0.2) is 0 Å². The molecule has 13 heavy (non-hydrogen) atoms. The number of rotatable bonds is 2. The van der Waals surface area contributed by atoms with Crippen LogP contribution in [0.15, 0.2) is 12.7 Å². The lowest BCUT2D eigenvalue weighted by atomic mass is 10.0. The standard InChI is InChI=1S/C6H10O.C4H6O2/c1-2-4-6-5(3-1)7-6;1-2-3-4(5)6/h5-6H,1-4H2;2H,1,3H2,(H,5,6). The molecule has 2 aliphatic rings. The van der Waals surface area contributed by atoms with Crippen LogP contribution in [0.5, 0.6) is 0 Å². The second-order valence-corrected chi connectivity index (χ2v) is 3.38. The van der Waals surface area contributed by atoms with E-state index in [0.29, 0.717) is 12.2 Å². The van der Waals surface area contributed by atoms with Crippen molar-refractivity contribution in [3.63, 3.8) is 0 Å². The maximum Gasteiger partial charge on any atom is 0.307 e. The van der Waals surface area contributed by atoms with Crippen molar-refractivity contribution in [2.45, 2.75) is 44.3 Å². The molecule has 1 saturated heterocycles.